The van der Waals surface area contributed by atoms with Gasteiger partial charge in [-0.15, -0.1) is 0 Å². The van der Waals surface area contributed by atoms with E-state index in [9.17, 15) is 35.5 Å². The third kappa shape index (κ3) is 8.51. The average Bonchev–Trinajstić information content (AvgIpc) is 3.85. The summed E-state index contributed by atoms with van der Waals surface area (Å²) in [5.41, 5.74) is -4.67. The van der Waals surface area contributed by atoms with Gasteiger partial charge in [-0.25, -0.2) is 0 Å². The van der Waals surface area contributed by atoms with Crippen molar-refractivity contribution in [1.29, 1.82) is 0 Å². The molecule has 2 unspecified atom stereocenters. The number of epoxide rings is 1. The van der Waals surface area contributed by atoms with Crippen molar-refractivity contribution in [2.24, 2.45) is 17.8 Å². The number of fused-ring (bicyclic) bond motifs is 1. The Morgan fingerprint density at radius 2 is 1.52 bits per heavy atom. The molecule has 0 saturated carbocycles. The molecule has 4 aliphatic rings. The fourth-order valence-corrected chi connectivity index (χ4v) is 8.26. The van der Waals surface area contributed by atoms with Gasteiger partial charge in [0.1, 0.15) is 42.2 Å². The Labute approximate surface area is 296 Å². The van der Waals surface area contributed by atoms with Crippen LogP contribution in [0.15, 0.2) is 0 Å². The van der Waals surface area contributed by atoms with Crippen LogP contribution in [0.25, 0.3) is 0 Å². The Morgan fingerprint density at radius 3 is 2.12 bits per heavy atom. The maximum atomic E-state index is 14.1. The predicted octanol–water partition coefficient (Wildman–Crippen LogP) is 1.11. The van der Waals surface area contributed by atoms with Crippen LogP contribution in [0.2, 0.25) is 0 Å². The van der Waals surface area contributed by atoms with Crippen LogP contribution in [0.3, 0.4) is 0 Å². The van der Waals surface area contributed by atoms with Gasteiger partial charge in [0.2, 0.25) is 0 Å². The summed E-state index contributed by atoms with van der Waals surface area (Å²) in [7, 11) is 1.48. The number of carbonyl (C=O) groups is 1. The molecule has 0 bridgehead atoms. The van der Waals surface area contributed by atoms with Crippen molar-refractivity contribution in [3.05, 3.63) is 0 Å². The van der Waals surface area contributed by atoms with Crippen molar-refractivity contribution >= 4 is 5.97 Å². The summed E-state index contributed by atoms with van der Waals surface area (Å²) in [5, 5.41) is 69.0. The Hall–Kier alpha value is -1.05. The number of rotatable bonds is 6. The van der Waals surface area contributed by atoms with Gasteiger partial charge in [0.15, 0.2) is 12.6 Å². The summed E-state index contributed by atoms with van der Waals surface area (Å²) in [6, 6.07) is -0.982. The lowest BCUT2D eigenvalue weighted by molar-refractivity contribution is -0.312. The fourth-order valence-electron chi connectivity index (χ4n) is 8.26. The van der Waals surface area contributed by atoms with Crippen LogP contribution in [0.1, 0.15) is 88.5 Å². The van der Waals surface area contributed by atoms with Crippen LogP contribution in [-0.2, 0) is 38.0 Å². The van der Waals surface area contributed by atoms with Gasteiger partial charge in [-0.05, 0) is 67.2 Å². The van der Waals surface area contributed by atoms with E-state index in [1.807, 2.05) is 13.8 Å². The summed E-state index contributed by atoms with van der Waals surface area (Å²) in [4.78, 5) is 14.1. The minimum Gasteiger partial charge on any atom is -0.459 e. The third-order valence-corrected chi connectivity index (χ3v) is 11.6. The van der Waals surface area contributed by atoms with Crippen molar-refractivity contribution in [2.45, 2.75) is 185 Å². The Morgan fingerprint density at radius 1 is 0.880 bits per heavy atom. The van der Waals surface area contributed by atoms with E-state index < -0.39 is 108 Å². The number of carbonyl (C=O) groups excluding carboxylic acids is 1. The quantitative estimate of drug-likeness (QED) is 0.168. The summed E-state index contributed by atoms with van der Waals surface area (Å²) in [5.74, 6) is -3.03. The van der Waals surface area contributed by atoms with Gasteiger partial charge in [-0.2, -0.15) is 5.06 Å². The first-order valence-corrected chi connectivity index (χ1v) is 18.1. The molecule has 0 spiro atoms. The molecule has 0 aromatic heterocycles. The summed E-state index contributed by atoms with van der Waals surface area (Å²) in [6.07, 6.45) is -10.7. The summed E-state index contributed by atoms with van der Waals surface area (Å²) in [6.45, 7) is 16.6. The highest BCUT2D eigenvalue weighted by atomic mass is 16.7. The lowest BCUT2D eigenvalue weighted by atomic mass is 9.77. The zero-order valence-electron chi connectivity index (χ0n) is 31.5. The van der Waals surface area contributed by atoms with Gasteiger partial charge in [0.05, 0.1) is 47.6 Å². The molecule has 0 aromatic carbocycles. The molecule has 4 heterocycles. The number of aliphatic hydroxyl groups is 5. The first kappa shape index (κ1) is 41.7. The second-order valence-electron chi connectivity index (χ2n) is 16.0. The molecule has 4 saturated heterocycles. The van der Waals surface area contributed by atoms with Gasteiger partial charge in [-0.1, -0.05) is 20.8 Å². The van der Waals surface area contributed by atoms with E-state index in [0.29, 0.717) is 0 Å². The Bertz CT molecular complexity index is 1140. The minimum absolute atomic E-state index is 0.00137. The second kappa shape index (κ2) is 15.7. The monoisotopic (exact) mass is 721 g/mol. The number of ether oxygens (including phenoxy) is 7. The molecule has 15 heteroatoms. The van der Waals surface area contributed by atoms with Crippen LogP contribution >= 0.6 is 0 Å². The first-order valence-electron chi connectivity index (χ1n) is 18.1. The van der Waals surface area contributed by atoms with Crippen molar-refractivity contribution in [2.75, 3.05) is 13.7 Å². The van der Waals surface area contributed by atoms with E-state index in [2.05, 4.69) is 0 Å². The highest BCUT2D eigenvalue weighted by Crippen LogP contribution is 2.42. The summed E-state index contributed by atoms with van der Waals surface area (Å²) >= 11 is 0. The average molecular weight is 722 g/mol. The number of methoxy groups -OCH3 is 1. The normalized spacial score (nSPS) is 53.1. The minimum atomic E-state index is -1.96. The van der Waals surface area contributed by atoms with Gasteiger partial charge >= 0.3 is 5.97 Å². The van der Waals surface area contributed by atoms with Crippen molar-refractivity contribution < 1.29 is 68.7 Å². The smallest absolute Gasteiger partial charge is 0.311 e. The fraction of sp³-hybridized carbons (Fsp3) is 0.971. The SMILES string of the molecule is CC[C@H]1OC(=O)[C@H](C)[C@@H](O[C@H]2C[C@@](C)(OC)[C@@H](O)[C@H](C)O2)[C@H](C)[C@@H](O[C@@H]2O[C@H](C)C3OC3[C@H]2O)[C@](C)(O)C[C@@H](C)CN(O)[C@H](C)[C@@H](O)[C@]1(C)O. The lowest BCUT2D eigenvalue weighted by Gasteiger charge is -2.48. The number of esters is 1. The molecule has 19 atom stereocenters. The number of aliphatic hydroxyl groups excluding tert-OH is 3. The standard InChI is InChI=1S/C35H63NO14/c1-12-22-35(10,42)28(38)19(5)36(43)15-16(2)13-33(8,41)30(50-32-24(37)27-26(49-27)20(6)46-32)17(3)25(18(4)31(40)47-22)48-23-14-34(9,44-11)29(39)21(7)45-23/h16-30,32,37-39,41-43H,12-15H2,1-11H3/t16-,17+,18-,19-,20-,21+,22-,23+,24-,25+,26?,27?,28-,29+,30-,32+,33-,34-,35-/m1/s1. The molecule has 0 radical (unpaired) electrons. The zero-order valence-corrected chi connectivity index (χ0v) is 31.5. The zero-order chi connectivity index (χ0) is 37.7. The number of hydrogen-bond donors (Lipinski definition) is 6. The predicted molar refractivity (Wildman–Crippen MR) is 177 cm³/mol. The molecule has 6 N–H and O–H groups in total. The molecule has 50 heavy (non-hydrogen) atoms. The topological polar surface area (TPSA) is 210 Å². The van der Waals surface area contributed by atoms with E-state index in [-0.39, 0.29) is 38.0 Å². The molecule has 0 amide bonds. The first-order chi connectivity index (χ1) is 23.1. The maximum absolute atomic E-state index is 14.1. The van der Waals surface area contributed by atoms with Gasteiger partial charge in [0.25, 0.3) is 0 Å². The molecule has 4 rings (SSSR count). The lowest BCUT2D eigenvalue weighted by Crippen LogP contribution is -2.59. The van der Waals surface area contributed by atoms with E-state index in [4.69, 9.17) is 33.2 Å². The van der Waals surface area contributed by atoms with Gasteiger partial charge in [-0.3, -0.25) is 4.79 Å². The third-order valence-electron chi connectivity index (χ3n) is 11.6. The van der Waals surface area contributed by atoms with E-state index in [1.165, 1.54) is 14.0 Å². The number of cyclic esters (lactones) is 1. The summed E-state index contributed by atoms with van der Waals surface area (Å²) < 4.78 is 42.5. The Balaban J connectivity index is 1.78. The second-order valence-corrected chi connectivity index (χ2v) is 16.0. The highest BCUT2D eigenvalue weighted by molar-refractivity contribution is 5.73. The van der Waals surface area contributed by atoms with Crippen molar-refractivity contribution in [1.82, 2.24) is 5.06 Å². The van der Waals surface area contributed by atoms with E-state index in [0.717, 1.165) is 5.06 Å². The van der Waals surface area contributed by atoms with Crippen LogP contribution < -0.4 is 0 Å². The van der Waals surface area contributed by atoms with Crippen LogP contribution in [0, 0.1) is 17.8 Å². The molecule has 0 aromatic rings. The largest absolute Gasteiger partial charge is 0.459 e. The van der Waals surface area contributed by atoms with Crippen molar-refractivity contribution in [3.8, 4) is 0 Å². The van der Waals surface area contributed by atoms with Gasteiger partial charge in [0, 0.05) is 26.0 Å². The number of nitrogens with zero attached hydrogens (tertiary/aromatic N) is 1. The Kier molecular flexibility index (Phi) is 13.1. The molecule has 0 aliphatic carbocycles. The van der Waals surface area contributed by atoms with Crippen LogP contribution in [-0.4, -0.2) is 152 Å². The molecule has 292 valence electrons. The molecule has 4 aliphatic heterocycles. The molecular formula is C35H63NO14. The van der Waals surface area contributed by atoms with Crippen LogP contribution in [0.5, 0.6) is 0 Å². The number of hydroxylamine groups is 2. The van der Waals surface area contributed by atoms with E-state index in [1.54, 1.807) is 48.5 Å². The maximum Gasteiger partial charge on any atom is 0.311 e. The highest BCUT2D eigenvalue weighted by Gasteiger charge is 2.58. The number of hydrogen-bond acceptors (Lipinski definition) is 15. The molecule has 4 fully saturated rings. The molecular weight excluding hydrogens is 658 g/mol. The van der Waals surface area contributed by atoms with Crippen LogP contribution in [0.4, 0.5) is 0 Å². The van der Waals surface area contributed by atoms with Crippen molar-refractivity contribution in [3.63, 3.8) is 0 Å². The van der Waals surface area contributed by atoms with E-state index >= 15 is 0 Å². The molecule has 15 nitrogen and oxygen atoms in total. The van der Waals surface area contributed by atoms with Gasteiger partial charge < -0.3 is 63.9 Å².